The van der Waals surface area contributed by atoms with E-state index in [1.54, 1.807) is 0 Å². The number of anilines is 1. The summed E-state index contributed by atoms with van der Waals surface area (Å²) in [6, 6.07) is 8.89. The summed E-state index contributed by atoms with van der Waals surface area (Å²) in [6.45, 7) is 0.707. The first-order valence-corrected chi connectivity index (χ1v) is 7.34. The monoisotopic (exact) mass is 276 g/mol. The molecule has 1 aliphatic rings. The number of rotatable bonds is 6. The van der Waals surface area contributed by atoms with Crippen molar-refractivity contribution in [3.8, 4) is 0 Å². The van der Waals surface area contributed by atoms with E-state index in [1.807, 2.05) is 14.1 Å². The number of amides is 1. The van der Waals surface area contributed by atoms with Gasteiger partial charge in [0.05, 0.1) is 20.6 Å². The number of nitrogens with zero attached hydrogens (tertiary/aromatic N) is 1. The highest BCUT2D eigenvalue weighted by atomic mass is 16.2. The topological polar surface area (TPSA) is 36.8 Å². The molecule has 1 aromatic rings. The smallest absolute Gasteiger partial charge is 0.223 e. The van der Waals surface area contributed by atoms with Crippen molar-refractivity contribution >= 4 is 11.6 Å². The molecule has 1 atom stereocenters. The highest BCUT2D eigenvalue weighted by Crippen LogP contribution is 2.28. The molecular formula is C16H26N3O+. The Bertz CT molecular complexity index is 449. The number of hydrogen-bond donors (Lipinski definition) is 2. The van der Waals surface area contributed by atoms with E-state index < -0.39 is 0 Å². The van der Waals surface area contributed by atoms with Gasteiger partial charge in [0.2, 0.25) is 5.91 Å². The summed E-state index contributed by atoms with van der Waals surface area (Å²) in [6.07, 6.45) is 2.12. The third kappa shape index (κ3) is 3.73. The highest BCUT2D eigenvalue weighted by Gasteiger charge is 2.30. The fourth-order valence-corrected chi connectivity index (χ4v) is 2.35. The second-order valence-electron chi connectivity index (χ2n) is 6.14. The molecule has 1 amide bonds. The molecule has 1 saturated carbocycles. The largest absolute Gasteiger partial charge is 0.378 e. The second kappa shape index (κ2) is 6.27. The first kappa shape index (κ1) is 14.9. The Kier molecular flexibility index (Phi) is 4.65. The first-order valence-electron chi connectivity index (χ1n) is 7.34. The van der Waals surface area contributed by atoms with Crippen LogP contribution >= 0.6 is 0 Å². The molecular weight excluding hydrogens is 250 g/mol. The predicted octanol–water partition coefficient (Wildman–Crippen LogP) is 0.464. The summed E-state index contributed by atoms with van der Waals surface area (Å²) in [5.41, 5.74) is 2.47. The summed E-state index contributed by atoms with van der Waals surface area (Å²) in [5, 5.41) is 3.09. The van der Waals surface area contributed by atoms with Gasteiger partial charge in [-0.3, -0.25) is 4.79 Å². The van der Waals surface area contributed by atoms with Gasteiger partial charge in [-0.1, -0.05) is 12.1 Å². The SMILES string of the molecule is CN(C)c1ccc([C@@H](CNC(=O)C2CC2)[NH+](C)C)cc1. The maximum Gasteiger partial charge on any atom is 0.223 e. The van der Waals surface area contributed by atoms with Crippen LogP contribution in [0.25, 0.3) is 0 Å². The molecule has 4 nitrogen and oxygen atoms in total. The van der Waals surface area contributed by atoms with Gasteiger partial charge < -0.3 is 15.1 Å². The Morgan fingerprint density at radius 3 is 2.35 bits per heavy atom. The highest BCUT2D eigenvalue weighted by molar-refractivity contribution is 5.80. The van der Waals surface area contributed by atoms with Crippen molar-refractivity contribution < 1.29 is 9.69 Å². The molecule has 1 fully saturated rings. The van der Waals surface area contributed by atoms with Crippen LogP contribution in [-0.2, 0) is 4.79 Å². The lowest BCUT2D eigenvalue weighted by molar-refractivity contribution is -0.890. The van der Waals surface area contributed by atoms with Gasteiger partial charge >= 0.3 is 0 Å². The Labute approximate surface area is 121 Å². The van der Waals surface area contributed by atoms with E-state index in [0.29, 0.717) is 12.6 Å². The van der Waals surface area contributed by atoms with Gasteiger partial charge in [0, 0.05) is 31.3 Å². The number of hydrogen-bond acceptors (Lipinski definition) is 2. The van der Waals surface area contributed by atoms with Crippen molar-refractivity contribution in [1.29, 1.82) is 0 Å². The average Bonchev–Trinajstić information content (AvgIpc) is 3.23. The zero-order valence-electron chi connectivity index (χ0n) is 12.9. The Morgan fingerprint density at radius 2 is 1.90 bits per heavy atom. The molecule has 0 radical (unpaired) electrons. The zero-order chi connectivity index (χ0) is 14.7. The molecule has 1 aliphatic carbocycles. The quantitative estimate of drug-likeness (QED) is 0.792. The van der Waals surface area contributed by atoms with Crippen LogP contribution in [-0.4, -0.2) is 40.6 Å². The molecule has 0 saturated heterocycles. The lowest BCUT2D eigenvalue weighted by Crippen LogP contribution is -3.07. The number of carbonyl (C=O) groups is 1. The predicted molar refractivity (Wildman–Crippen MR) is 82.1 cm³/mol. The van der Waals surface area contributed by atoms with Gasteiger partial charge in [-0.05, 0) is 25.0 Å². The van der Waals surface area contributed by atoms with Gasteiger partial charge in [-0.15, -0.1) is 0 Å². The van der Waals surface area contributed by atoms with Gasteiger partial charge in [0.15, 0.2) is 0 Å². The minimum absolute atomic E-state index is 0.223. The maximum absolute atomic E-state index is 11.8. The fraction of sp³-hybridized carbons (Fsp3) is 0.562. The van der Waals surface area contributed by atoms with Crippen LogP contribution in [0.3, 0.4) is 0 Å². The summed E-state index contributed by atoms with van der Waals surface area (Å²) in [5.74, 6) is 0.505. The first-order chi connectivity index (χ1) is 9.49. The summed E-state index contributed by atoms with van der Waals surface area (Å²) >= 11 is 0. The van der Waals surface area contributed by atoms with E-state index in [9.17, 15) is 4.79 Å². The summed E-state index contributed by atoms with van der Waals surface area (Å²) in [4.78, 5) is 15.2. The molecule has 0 bridgehead atoms. The lowest BCUT2D eigenvalue weighted by Gasteiger charge is -2.23. The van der Waals surface area contributed by atoms with Crippen LogP contribution in [0.5, 0.6) is 0 Å². The average molecular weight is 276 g/mol. The summed E-state index contributed by atoms with van der Waals surface area (Å²) in [7, 11) is 8.35. The zero-order valence-corrected chi connectivity index (χ0v) is 12.9. The molecule has 2 rings (SSSR count). The lowest BCUT2D eigenvalue weighted by atomic mass is 10.1. The van der Waals surface area contributed by atoms with E-state index in [-0.39, 0.29) is 11.8 Å². The maximum atomic E-state index is 11.8. The van der Waals surface area contributed by atoms with E-state index in [2.05, 4.69) is 48.6 Å². The van der Waals surface area contributed by atoms with Crippen LogP contribution in [0.2, 0.25) is 0 Å². The number of likely N-dealkylation sites (N-methyl/N-ethyl adjacent to an activating group) is 1. The number of benzene rings is 1. The molecule has 0 spiro atoms. The summed E-state index contributed by atoms with van der Waals surface area (Å²) < 4.78 is 0. The van der Waals surface area contributed by atoms with Crippen molar-refractivity contribution in [3.63, 3.8) is 0 Å². The molecule has 0 unspecified atom stereocenters. The molecule has 0 heterocycles. The number of quaternary nitrogens is 1. The van der Waals surface area contributed by atoms with Gasteiger partial charge in [-0.25, -0.2) is 0 Å². The standard InChI is InChI=1S/C16H25N3O/c1-18(2)14-9-7-12(8-10-14)15(19(3)4)11-17-16(20)13-5-6-13/h7-10,13,15H,5-6,11H2,1-4H3,(H,17,20)/p+1/t15-/m1/s1. The van der Waals surface area contributed by atoms with Crippen molar-refractivity contribution in [3.05, 3.63) is 29.8 Å². The van der Waals surface area contributed by atoms with E-state index in [1.165, 1.54) is 16.2 Å². The van der Waals surface area contributed by atoms with Gasteiger partial charge in [0.25, 0.3) is 0 Å². The third-order valence-corrected chi connectivity index (χ3v) is 3.94. The Balaban J connectivity index is 2.01. The Morgan fingerprint density at radius 1 is 1.30 bits per heavy atom. The van der Waals surface area contributed by atoms with Crippen LogP contribution in [0.4, 0.5) is 5.69 Å². The molecule has 0 aliphatic heterocycles. The minimum atomic E-state index is 0.223. The second-order valence-corrected chi connectivity index (χ2v) is 6.14. The van der Waals surface area contributed by atoms with Crippen molar-refractivity contribution in [2.45, 2.75) is 18.9 Å². The van der Waals surface area contributed by atoms with Crippen LogP contribution < -0.4 is 15.1 Å². The molecule has 1 aromatic carbocycles. The van der Waals surface area contributed by atoms with Crippen molar-refractivity contribution in [2.75, 3.05) is 39.6 Å². The fourth-order valence-electron chi connectivity index (χ4n) is 2.35. The number of nitrogens with one attached hydrogen (secondary N) is 2. The van der Waals surface area contributed by atoms with Gasteiger partial charge in [-0.2, -0.15) is 0 Å². The van der Waals surface area contributed by atoms with Crippen LogP contribution in [0.15, 0.2) is 24.3 Å². The van der Waals surface area contributed by atoms with Gasteiger partial charge in [0.1, 0.15) is 6.04 Å². The molecule has 2 N–H and O–H groups in total. The van der Waals surface area contributed by atoms with Crippen molar-refractivity contribution in [2.24, 2.45) is 5.92 Å². The minimum Gasteiger partial charge on any atom is -0.378 e. The molecule has 4 heteroatoms. The normalized spacial score (nSPS) is 16.1. The Hall–Kier alpha value is -1.55. The van der Waals surface area contributed by atoms with E-state index >= 15 is 0 Å². The number of carbonyl (C=O) groups excluding carboxylic acids is 1. The molecule has 20 heavy (non-hydrogen) atoms. The molecule has 110 valence electrons. The van der Waals surface area contributed by atoms with E-state index in [0.717, 1.165) is 12.8 Å². The van der Waals surface area contributed by atoms with Crippen LogP contribution in [0.1, 0.15) is 24.4 Å². The van der Waals surface area contributed by atoms with Crippen LogP contribution in [0, 0.1) is 5.92 Å². The van der Waals surface area contributed by atoms with Crippen molar-refractivity contribution in [1.82, 2.24) is 5.32 Å². The third-order valence-electron chi connectivity index (χ3n) is 3.94. The van der Waals surface area contributed by atoms with E-state index in [4.69, 9.17) is 0 Å². The molecule has 0 aromatic heterocycles.